The summed E-state index contributed by atoms with van der Waals surface area (Å²) >= 11 is 0. The van der Waals surface area contributed by atoms with Crippen molar-refractivity contribution >= 4 is 29.1 Å². The van der Waals surface area contributed by atoms with Crippen LogP contribution in [0.25, 0.3) is 0 Å². The zero-order chi connectivity index (χ0) is 20.1. The number of hydrogen-bond donors (Lipinski definition) is 2. The summed E-state index contributed by atoms with van der Waals surface area (Å²) in [4.78, 5) is 28.3. The minimum absolute atomic E-state index is 0.212. The van der Waals surface area contributed by atoms with E-state index in [0.717, 1.165) is 22.5 Å². The molecule has 142 valence electrons. The van der Waals surface area contributed by atoms with Crippen molar-refractivity contribution in [3.63, 3.8) is 0 Å². The van der Waals surface area contributed by atoms with Gasteiger partial charge in [-0.2, -0.15) is 0 Å². The van der Waals surface area contributed by atoms with Crippen molar-refractivity contribution in [2.75, 3.05) is 17.7 Å². The maximum absolute atomic E-state index is 12.6. The van der Waals surface area contributed by atoms with E-state index in [2.05, 4.69) is 26.4 Å². The van der Waals surface area contributed by atoms with Crippen LogP contribution in [0.1, 0.15) is 31.8 Å². The fourth-order valence-corrected chi connectivity index (χ4v) is 2.85. The highest BCUT2D eigenvalue weighted by atomic mass is 16.5. The number of rotatable bonds is 5. The number of nitrogens with one attached hydrogen (secondary N) is 2. The number of carbonyl (C=O) groups excluding carboxylic acids is 2. The molecule has 0 radical (unpaired) electrons. The predicted octanol–water partition coefficient (Wildman–Crippen LogP) is 4.48. The number of carbonyl (C=O) groups is 2. The third-order valence-electron chi connectivity index (χ3n) is 4.08. The van der Waals surface area contributed by atoms with Gasteiger partial charge in [0.1, 0.15) is 5.82 Å². The molecule has 3 rings (SSSR count). The monoisotopic (exact) mass is 375 g/mol. The van der Waals surface area contributed by atoms with Crippen molar-refractivity contribution in [3.8, 4) is 0 Å². The fourth-order valence-electron chi connectivity index (χ4n) is 2.85. The maximum Gasteiger partial charge on any atom is 0.337 e. The number of aryl methyl sites for hydroxylation is 2. The van der Waals surface area contributed by atoms with Gasteiger partial charge in [-0.25, -0.2) is 9.78 Å². The highest BCUT2D eigenvalue weighted by Gasteiger charge is 2.09. The van der Waals surface area contributed by atoms with Crippen molar-refractivity contribution in [2.45, 2.75) is 13.8 Å². The quantitative estimate of drug-likeness (QED) is 0.643. The van der Waals surface area contributed by atoms with Crippen LogP contribution in [-0.4, -0.2) is 24.0 Å². The number of nitrogens with zero attached hydrogens (tertiary/aromatic N) is 1. The summed E-state index contributed by atoms with van der Waals surface area (Å²) in [5, 5.41) is 6.03. The Morgan fingerprint density at radius 1 is 0.857 bits per heavy atom. The molecule has 0 spiro atoms. The third-order valence-corrected chi connectivity index (χ3v) is 4.08. The molecule has 0 aliphatic heterocycles. The molecule has 1 amide bonds. The smallest absolute Gasteiger partial charge is 0.337 e. The molecule has 0 saturated carbocycles. The Labute approximate surface area is 163 Å². The van der Waals surface area contributed by atoms with Gasteiger partial charge in [0.2, 0.25) is 0 Å². The topological polar surface area (TPSA) is 80.3 Å². The van der Waals surface area contributed by atoms with Gasteiger partial charge in [-0.1, -0.05) is 6.07 Å². The van der Waals surface area contributed by atoms with Gasteiger partial charge in [-0.15, -0.1) is 0 Å². The van der Waals surface area contributed by atoms with Crippen LogP contribution in [0, 0.1) is 13.8 Å². The first kappa shape index (κ1) is 19.1. The molecule has 0 aliphatic rings. The van der Waals surface area contributed by atoms with Crippen molar-refractivity contribution < 1.29 is 14.3 Å². The maximum atomic E-state index is 12.6. The van der Waals surface area contributed by atoms with E-state index in [1.807, 2.05) is 26.0 Å². The number of aromatic nitrogens is 1. The lowest BCUT2D eigenvalue weighted by Gasteiger charge is -2.10. The number of hydrogen-bond acceptors (Lipinski definition) is 5. The van der Waals surface area contributed by atoms with Crippen LogP contribution in [0.15, 0.2) is 60.8 Å². The number of esters is 1. The Hall–Kier alpha value is -3.67. The van der Waals surface area contributed by atoms with Crippen LogP contribution in [0.3, 0.4) is 0 Å². The van der Waals surface area contributed by atoms with E-state index in [-0.39, 0.29) is 5.91 Å². The van der Waals surface area contributed by atoms with Crippen LogP contribution in [-0.2, 0) is 4.74 Å². The van der Waals surface area contributed by atoms with Gasteiger partial charge >= 0.3 is 5.97 Å². The van der Waals surface area contributed by atoms with Crippen LogP contribution >= 0.6 is 0 Å². The summed E-state index contributed by atoms with van der Waals surface area (Å²) in [5.41, 5.74) is 4.62. The Morgan fingerprint density at radius 2 is 1.54 bits per heavy atom. The average molecular weight is 375 g/mol. The summed E-state index contributed by atoms with van der Waals surface area (Å²) in [6.07, 6.45) is 1.57. The first-order valence-corrected chi connectivity index (χ1v) is 8.76. The van der Waals surface area contributed by atoms with E-state index in [1.165, 1.54) is 7.11 Å². The molecule has 3 aromatic rings. The number of anilines is 3. The molecule has 2 N–H and O–H groups in total. The summed E-state index contributed by atoms with van der Waals surface area (Å²) in [6, 6.07) is 16.0. The van der Waals surface area contributed by atoms with Gasteiger partial charge < -0.3 is 15.4 Å². The van der Waals surface area contributed by atoms with Gasteiger partial charge in [0.15, 0.2) is 0 Å². The number of ether oxygens (including phenoxy) is 1. The molecule has 1 heterocycles. The molecule has 0 atom stereocenters. The zero-order valence-electron chi connectivity index (χ0n) is 15.9. The molecule has 0 saturated heterocycles. The van der Waals surface area contributed by atoms with E-state index in [4.69, 9.17) is 0 Å². The Balaban J connectivity index is 1.72. The molecule has 0 fully saturated rings. The zero-order valence-corrected chi connectivity index (χ0v) is 15.9. The minimum atomic E-state index is -0.394. The number of pyridine rings is 1. The minimum Gasteiger partial charge on any atom is -0.465 e. The van der Waals surface area contributed by atoms with Gasteiger partial charge in [-0.05, 0) is 73.5 Å². The molecule has 6 heteroatoms. The molecule has 28 heavy (non-hydrogen) atoms. The van der Waals surface area contributed by atoms with Crippen LogP contribution < -0.4 is 10.6 Å². The first-order chi connectivity index (χ1) is 13.4. The molecule has 0 unspecified atom stereocenters. The average Bonchev–Trinajstić information content (AvgIpc) is 2.67. The molecule has 6 nitrogen and oxygen atoms in total. The molecular weight excluding hydrogens is 354 g/mol. The van der Waals surface area contributed by atoms with Gasteiger partial charge in [-0.3, -0.25) is 4.79 Å². The van der Waals surface area contributed by atoms with E-state index in [0.29, 0.717) is 16.9 Å². The predicted molar refractivity (Wildman–Crippen MR) is 109 cm³/mol. The van der Waals surface area contributed by atoms with E-state index < -0.39 is 5.97 Å². The second-order valence-corrected chi connectivity index (χ2v) is 6.45. The van der Waals surface area contributed by atoms with Gasteiger partial charge in [0, 0.05) is 23.1 Å². The lowest BCUT2D eigenvalue weighted by molar-refractivity contribution is 0.0600. The highest BCUT2D eigenvalue weighted by Crippen LogP contribution is 2.18. The normalized spacial score (nSPS) is 10.2. The van der Waals surface area contributed by atoms with Crippen molar-refractivity contribution in [1.29, 1.82) is 0 Å². The van der Waals surface area contributed by atoms with Crippen LogP contribution in [0.2, 0.25) is 0 Å². The Kier molecular flexibility index (Phi) is 5.69. The molecule has 0 bridgehead atoms. The van der Waals surface area contributed by atoms with Gasteiger partial charge in [0.25, 0.3) is 5.91 Å². The van der Waals surface area contributed by atoms with Crippen molar-refractivity contribution in [1.82, 2.24) is 4.98 Å². The van der Waals surface area contributed by atoms with Crippen molar-refractivity contribution in [3.05, 3.63) is 83.0 Å². The number of benzene rings is 2. The van der Waals surface area contributed by atoms with E-state index in [1.54, 1.807) is 42.6 Å². The second-order valence-electron chi connectivity index (χ2n) is 6.45. The molecular formula is C22H21N3O3. The van der Waals surface area contributed by atoms with Gasteiger partial charge in [0.05, 0.1) is 12.7 Å². The second kappa shape index (κ2) is 8.35. The lowest BCUT2D eigenvalue weighted by atomic mass is 10.1. The van der Waals surface area contributed by atoms with Crippen molar-refractivity contribution in [2.24, 2.45) is 0 Å². The summed E-state index contributed by atoms with van der Waals surface area (Å²) in [6.45, 7) is 3.98. The summed E-state index contributed by atoms with van der Waals surface area (Å²) in [5.74, 6) is -0.0786. The van der Waals surface area contributed by atoms with Crippen LogP contribution in [0.4, 0.5) is 17.2 Å². The lowest BCUT2D eigenvalue weighted by Crippen LogP contribution is -2.12. The highest BCUT2D eigenvalue weighted by molar-refractivity contribution is 6.04. The number of amides is 1. The largest absolute Gasteiger partial charge is 0.465 e. The van der Waals surface area contributed by atoms with E-state index in [9.17, 15) is 9.59 Å². The summed E-state index contributed by atoms with van der Waals surface area (Å²) < 4.78 is 4.68. The molecule has 0 aliphatic carbocycles. The first-order valence-electron chi connectivity index (χ1n) is 8.76. The Bertz CT molecular complexity index is 994. The fraction of sp³-hybridized carbons (Fsp3) is 0.136. The SMILES string of the molecule is COC(=O)c1ccc(Nc2cc(C(=O)Nc3cc(C)cc(C)c3)ccn2)cc1. The summed E-state index contributed by atoms with van der Waals surface area (Å²) in [7, 11) is 1.34. The standard InChI is InChI=1S/C22H21N3O3/c1-14-10-15(2)12-19(11-14)25-21(26)17-8-9-23-20(13-17)24-18-6-4-16(5-7-18)22(27)28-3/h4-13H,1-3H3,(H,23,24)(H,25,26). The molecule has 1 aromatic heterocycles. The number of methoxy groups -OCH3 is 1. The third kappa shape index (κ3) is 4.73. The van der Waals surface area contributed by atoms with Crippen LogP contribution in [0.5, 0.6) is 0 Å². The Morgan fingerprint density at radius 3 is 2.18 bits per heavy atom. The van der Waals surface area contributed by atoms with E-state index >= 15 is 0 Å². The molecule has 2 aromatic carbocycles.